The molecule has 3 nitrogen and oxygen atoms in total. The SMILES string of the molecule is CC(C)CN(C)C(=O)CCc1ccc(N)cc1. The van der Waals surface area contributed by atoms with Crippen molar-refractivity contribution in [2.24, 2.45) is 5.92 Å². The van der Waals surface area contributed by atoms with Crippen molar-refractivity contribution >= 4 is 11.6 Å². The number of hydrogen-bond donors (Lipinski definition) is 1. The van der Waals surface area contributed by atoms with Gasteiger partial charge in [0, 0.05) is 25.7 Å². The monoisotopic (exact) mass is 234 g/mol. The molecular formula is C14H22N2O. The van der Waals surface area contributed by atoms with E-state index in [2.05, 4.69) is 13.8 Å². The van der Waals surface area contributed by atoms with Crippen LogP contribution in [0.2, 0.25) is 0 Å². The van der Waals surface area contributed by atoms with Gasteiger partial charge in [-0.3, -0.25) is 4.79 Å². The van der Waals surface area contributed by atoms with Crippen LogP contribution in [0.4, 0.5) is 5.69 Å². The number of anilines is 1. The van der Waals surface area contributed by atoms with Gasteiger partial charge >= 0.3 is 0 Å². The summed E-state index contributed by atoms with van der Waals surface area (Å²) in [6.45, 7) is 5.05. The fraction of sp³-hybridized carbons (Fsp3) is 0.500. The second kappa shape index (κ2) is 6.28. The van der Waals surface area contributed by atoms with E-state index in [1.807, 2.05) is 36.2 Å². The number of carbonyl (C=O) groups is 1. The highest BCUT2D eigenvalue weighted by Crippen LogP contribution is 2.09. The molecule has 0 aliphatic carbocycles. The normalized spacial score (nSPS) is 10.6. The Morgan fingerprint density at radius 2 is 1.88 bits per heavy atom. The first-order chi connectivity index (χ1) is 7.99. The van der Waals surface area contributed by atoms with E-state index in [-0.39, 0.29) is 5.91 Å². The van der Waals surface area contributed by atoms with Crippen LogP contribution in [-0.4, -0.2) is 24.4 Å². The summed E-state index contributed by atoms with van der Waals surface area (Å²) >= 11 is 0. The van der Waals surface area contributed by atoms with Gasteiger partial charge in [-0.15, -0.1) is 0 Å². The summed E-state index contributed by atoms with van der Waals surface area (Å²) in [5.74, 6) is 0.719. The molecule has 0 aliphatic heterocycles. The molecule has 1 rings (SSSR count). The van der Waals surface area contributed by atoms with Gasteiger partial charge in [0.1, 0.15) is 0 Å². The molecule has 1 aromatic rings. The minimum absolute atomic E-state index is 0.204. The van der Waals surface area contributed by atoms with Crippen molar-refractivity contribution in [2.75, 3.05) is 19.3 Å². The molecule has 0 bridgehead atoms. The highest BCUT2D eigenvalue weighted by Gasteiger charge is 2.09. The van der Waals surface area contributed by atoms with Crippen molar-refractivity contribution in [3.8, 4) is 0 Å². The summed E-state index contributed by atoms with van der Waals surface area (Å²) in [6, 6.07) is 7.70. The van der Waals surface area contributed by atoms with Gasteiger partial charge in [-0.25, -0.2) is 0 Å². The Bertz CT molecular complexity index is 357. The highest BCUT2D eigenvalue weighted by atomic mass is 16.2. The van der Waals surface area contributed by atoms with Crippen molar-refractivity contribution in [3.63, 3.8) is 0 Å². The Hall–Kier alpha value is -1.51. The molecule has 0 fully saturated rings. The zero-order valence-corrected chi connectivity index (χ0v) is 10.9. The number of nitrogens with two attached hydrogens (primary N) is 1. The van der Waals surface area contributed by atoms with Crippen molar-refractivity contribution in [1.29, 1.82) is 0 Å². The zero-order chi connectivity index (χ0) is 12.8. The lowest BCUT2D eigenvalue weighted by molar-refractivity contribution is -0.130. The lowest BCUT2D eigenvalue weighted by Crippen LogP contribution is -2.30. The van der Waals surface area contributed by atoms with E-state index in [0.29, 0.717) is 12.3 Å². The summed E-state index contributed by atoms with van der Waals surface area (Å²) in [4.78, 5) is 13.6. The minimum Gasteiger partial charge on any atom is -0.399 e. The van der Waals surface area contributed by atoms with Crippen LogP contribution < -0.4 is 5.73 Å². The van der Waals surface area contributed by atoms with Crippen LogP contribution in [0.5, 0.6) is 0 Å². The Kier molecular flexibility index (Phi) is 5.01. The number of hydrogen-bond acceptors (Lipinski definition) is 2. The number of aryl methyl sites for hydroxylation is 1. The zero-order valence-electron chi connectivity index (χ0n) is 10.9. The van der Waals surface area contributed by atoms with Crippen LogP contribution in [0.1, 0.15) is 25.8 Å². The fourth-order valence-corrected chi connectivity index (χ4v) is 1.78. The van der Waals surface area contributed by atoms with Gasteiger partial charge < -0.3 is 10.6 Å². The highest BCUT2D eigenvalue weighted by molar-refractivity contribution is 5.76. The van der Waals surface area contributed by atoms with E-state index >= 15 is 0 Å². The molecule has 0 aromatic heterocycles. The van der Waals surface area contributed by atoms with Crippen LogP contribution in [-0.2, 0) is 11.2 Å². The van der Waals surface area contributed by atoms with Gasteiger partial charge in [-0.1, -0.05) is 26.0 Å². The number of carbonyl (C=O) groups excluding carboxylic acids is 1. The van der Waals surface area contributed by atoms with Crippen LogP contribution in [0, 0.1) is 5.92 Å². The average molecular weight is 234 g/mol. The Morgan fingerprint density at radius 1 is 1.29 bits per heavy atom. The van der Waals surface area contributed by atoms with Gasteiger partial charge in [-0.2, -0.15) is 0 Å². The van der Waals surface area contributed by atoms with Gasteiger partial charge in [0.15, 0.2) is 0 Å². The van der Waals surface area contributed by atoms with E-state index in [1.54, 1.807) is 0 Å². The maximum absolute atomic E-state index is 11.8. The first-order valence-corrected chi connectivity index (χ1v) is 6.07. The van der Waals surface area contributed by atoms with Gasteiger partial charge in [0.2, 0.25) is 5.91 Å². The second-order valence-electron chi connectivity index (χ2n) is 4.91. The van der Waals surface area contributed by atoms with Crippen LogP contribution >= 0.6 is 0 Å². The quantitative estimate of drug-likeness (QED) is 0.795. The van der Waals surface area contributed by atoms with Crippen molar-refractivity contribution in [2.45, 2.75) is 26.7 Å². The molecule has 94 valence electrons. The molecule has 0 radical (unpaired) electrons. The van der Waals surface area contributed by atoms with Gasteiger partial charge in [0.25, 0.3) is 0 Å². The molecule has 1 aromatic carbocycles. The number of amides is 1. The second-order valence-corrected chi connectivity index (χ2v) is 4.91. The molecule has 0 saturated heterocycles. The lowest BCUT2D eigenvalue weighted by atomic mass is 10.1. The smallest absolute Gasteiger partial charge is 0.222 e. The summed E-state index contributed by atoms with van der Waals surface area (Å²) in [5, 5.41) is 0. The summed E-state index contributed by atoms with van der Waals surface area (Å²) in [6.07, 6.45) is 1.34. The Morgan fingerprint density at radius 3 is 2.41 bits per heavy atom. The molecule has 0 atom stereocenters. The molecule has 0 unspecified atom stereocenters. The van der Waals surface area contributed by atoms with E-state index in [4.69, 9.17) is 5.73 Å². The molecule has 3 heteroatoms. The molecule has 0 spiro atoms. The predicted octanol–water partition coefficient (Wildman–Crippen LogP) is 2.32. The number of benzene rings is 1. The molecule has 2 N–H and O–H groups in total. The average Bonchev–Trinajstić information content (AvgIpc) is 2.27. The molecule has 0 saturated carbocycles. The number of nitrogens with zero attached hydrogens (tertiary/aromatic N) is 1. The molecular weight excluding hydrogens is 212 g/mol. The predicted molar refractivity (Wildman–Crippen MR) is 71.7 cm³/mol. The maximum Gasteiger partial charge on any atom is 0.222 e. The minimum atomic E-state index is 0.204. The Balaban J connectivity index is 2.40. The van der Waals surface area contributed by atoms with Crippen LogP contribution in [0.3, 0.4) is 0 Å². The van der Waals surface area contributed by atoms with E-state index in [9.17, 15) is 4.79 Å². The Labute approximate surface area is 104 Å². The van der Waals surface area contributed by atoms with E-state index < -0.39 is 0 Å². The fourth-order valence-electron chi connectivity index (χ4n) is 1.78. The van der Waals surface area contributed by atoms with E-state index in [0.717, 1.165) is 24.2 Å². The standard InChI is InChI=1S/C14H22N2O/c1-11(2)10-16(3)14(17)9-6-12-4-7-13(15)8-5-12/h4-5,7-8,11H,6,9-10,15H2,1-3H3. The van der Waals surface area contributed by atoms with E-state index in [1.165, 1.54) is 0 Å². The summed E-state index contributed by atoms with van der Waals surface area (Å²) < 4.78 is 0. The van der Waals surface area contributed by atoms with Gasteiger partial charge in [0.05, 0.1) is 0 Å². The number of rotatable bonds is 5. The number of nitrogen functional groups attached to an aromatic ring is 1. The maximum atomic E-state index is 11.8. The van der Waals surface area contributed by atoms with Gasteiger partial charge in [-0.05, 0) is 30.0 Å². The lowest BCUT2D eigenvalue weighted by Gasteiger charge is -2.19. The molecule has 0 heterocycles. The first-order valence-electron chi connectivity index (χ1n) is 6.07. The first kappa shape index (κ1) is 13.6. The van der Waals surface area contributed by atoms with Crippen molar-refractivity contribution < 1.29 is 4.79 Å². The summed E-state index contributed by atoms with van der Waals surface area (Å²) in [5.41, 5.74) is 7.53. The third-order valence-corrected chi connectivity index (χ3v) is 2.67. The van der Waals surface area contributed by atoms with Crippen LogP contribution in [0.15, 0.2) is 24.3 Å². The topological polar surface area (TPSA) is 46.3 Å². The molecule has 1 amide bonds. The third kappa shape index (κ3) is 4.89. The molecule has 17 heavy (non-hydrogen) atoms. The third-order valence-electron chi connectivity index (χ3n) is 2.67. The van der Waals surface area contributed by atoms with Crippen molar-refractivity contribution in [1.82, 2.24) is 4.90 Å². The summed E-state index contributed by atoms with van der Waals surface area (Å²) in [7, 11) is 1.87. The largest absolute Gasteiger partial charge is 0.399 e. The molecule has 0 aliphatic rings. The van der Waals surface area contributed by atoms with Crippen molar-refractivity contribution in [3.05, 3.63) is 29.8 Å². The van der Waals surface area contributed by atoms with Crippen LogP contribution in [0.25, 0.3) is 0 Å².